The predicted molar refractivity (Wildman–Crippen MR) is 94.4 cm³/mol. The van der Waals surface area contributed by atoms with Crippen molar-refractivity contribution in [3.8, 4) is 0 Å². The maximum Gasteiger partial charge on any atom is 0.348 e. The first-order valence-corrected chi connectivity index (χ1v) is 8.61. The third-order valence-electron chi connectivity index (χ3n) is 3.21. The number of aromatic nitrogens is 2. The molecule has 1 N–H and O–H groups in total. The fraction of sp³-hybridized carbons (Fsp3) is 0.133. The van der Waals surface area contributed by atoms with Crippen LogP contribution < -0.4 is 5.56 Å². The summed E-state index contributed by atoms with van der Waals surface area (Å²) in [5.41, 5.74) is 0.238. The van der Waals surface area contributed by atoms with Gasteiger partial charge in [0.05, 0.1) is 17.5 Å². The molecule has 0 aliphatic carbocycles. The van der Waals surface area contributed by atoms with E-state index in [1.807, 2.05) is 17.5 Å². The maximum atomic E-state index is 12.3. The number of nitrogens with zero attached hydrogens (tertiary/aromatic N) is 1. The zero-order chi connectivity index (χ0) is 16.6. The SMILES string of the molecule is COC(=O)c1sc2nc(/C(Cl)=C/c3cccs3)[nH]c(=O)c2c1C. The monoisotopic (exact) mass is 366 g/mol. The number of fused-ring (bicyclic) bond motifs is 1. The van der Waals surface area contributed by atoms with E-state index in [-0.39, 0.29) is 11.4 Å². The van der Waals surface area contributed by atoms with Crippen molar-refractivity contribution in [1.29, 1.82) is 0 Å². The fourth-order valence-electron chi connectivity index (χ4n) is 2.11. The van der Waals surface area contributed by atoms with Gasteiger partial charge in [0.25, 0.3) is 5.56 Å². The molecule has 118 valence electrons. The molecule has 0 unspecified atom stereocenters. The van der Waals surface area contributed by atoms with Crippen LogP contribution in [0.1, 0.15) is 25.9 Å². The van der Waals surface area contributed by atoms with Crippen LogP contribution in [0.5, 0.6) is 0 Å². The van der Waals surface area contributed by atoms with Gasteiger partial charge in [0, 0.05) is 4.88 Å². The minimum atomic E-state index is -0.480. The second kappa shape index (κ2) is 6.27. The van der Waals surface area contributed by atoms with Gasteiger partial charge >= 0.3 is 5.97 Å². The van der Waals surface area contributed by atoms with Crippen LogP contribution in [-0.4, -0.2) is 23.0 Å². The molecule has 3 aromatic heterocycles. The first-order valence-electron chi connectivity index (χ1n) is 6.54. The zero-order valence-corrected chi connectivity index (χ0v) is 14.6. The number of esters is 1. The molecule has 0 atom stereocenters. The number of hydrogen-bond acceptors (Lipinski definition) is 6. The smallest absolute Gasteiger partial charge is 0.348 e. The highest BCUT2D eigenvalue weighted by Crippen LogP contribution is 2.29. The van der Waals surface area contributed by atoms with E-state index in [1.165, 1.54) is 18.4 Å². The van der Waals surface area contributed by atoms with Gasteiger partial charge in [0.2, 0.25) is 0 Å². The molecule has 0 fully saturated rings. The van der Waals surface area contributed by atoms with Gasteiger partial charge in [-0.25, -0.2) is 9.78 Å². The van der Waals surface area contributed by atoms with Crippen molar-refractivity contribution in [3.63, 3.8) is 0 Å². The van der Waals surface area contributed by atoms with E-state index in [2.05, 4.69) is 9.97 Å². The normalized spacial score (nSPS) is 11.9. The predicted octanol–water partition coefficient (Wildman–Crippen LogP) is 3.88. The second-order valence-corrected chi connectivity index (χ2v) is 7.04. The minimum Gasteiger partial charge on any atom is -0.465 e. The molecule has 0 bridgehead atoms. The molecular weight excluding hydrogens is 356 g/mol. The average Bonchev–Trinajstić information content (AvgIpc) is 3.14. The largest absolute Gasteiger partial charge is 0.465 e. The number of nitrogens with one attached hydrogen (secondary N) is 1. The van der Waals surface area contributed by atoms with Crippen LogP contribution in [0.4, 0.5) is 0 Å². The van der Waals surface area contributed by atoms with E-state index < -0.39 is 5.97 Å². The third-order valence-corrected chi connectivity index (χ3v) is 5.48. The Balaban J connectivity index is 2.15. The number of H-pyrrole nitrogens is 1. The molecule has 0 saturated heterocycles. The van der Waals surface area contributed by atoms with Gasteiger partial charge in [0.15, 0.2) is 5.82 Å². The van der Waals surface area contributed by atoms with E-state index in [9.17, 15) is 9.59 Å². The Labute approximate surface area is 144 Å². The van der Waals surface area contributed by atoms with Crippen LogP contribution in [0.3, 0.4) is 0 Å². The van der Waals surface area contributed by atoms with Gasteiger partial charge in [0.1, 0.15) is 9.71 Å². The Kier molecular flexibility index (Phi) is 4.34. The van der Waals surface area contributed by atoms with Crippen LogP contribution in [0.2, 0.25) is 0 Å². The van der Waals surface area contributed by atoms with Gasteiger partial charge in [-0.1, -0.05) is 17.7 Å². The first-order chi connectivity index (χ1) is 11.0. The van der Waals surface area contributed by atoms with E-state index in [0.717, 1.165) is 16.2 Å². The molecule has 3 rings (SSSR count). The van der Waals surface area contributed by atoms with Crippen molar-refractivity contribution in [2.24, 2.45) is 0 Å². The van der Waals surface area contributed by atoms with E-state index in [1.54, 1.807) is 13.0 Å². The van der Waals surface area contributed by atoms with Gasteiger partial charge in [-0.3, -0.25) is 4.79 Å². The van der Waals surface area contributed by atoms with Crippen molar-refractivity contribution in [2.45, 2.75) is 6.92 Å². The van der Waals surface area contributed by atoms with Crippen LogP contribution >= 0.6 is 34.3 Å². The maximum absolute atomic E-state index is 12.3. The van der Waals surface area contributed by atoms with E-state index in [4.69, 9.17) is 16.3 Å². The Morgan fingerprint density at radius 1 is 1.48 bits per heavy atom. The highest BCUT2D eigenvalue weighted by atomic mass is 35.5. The lowest BCUT2D eigenvalue weighted by molar-refractivity contribution is 0.0605. The Morgan fingerprint density at radius 3 is 2.91 bits per heavy atom. The molecule has 23 heavy (non-hydrogen) atoms. The molecule has 0 spiro atoms. The second-order valence-electron chi connectivity index (χ2n) is 4.65. The number of aromatic amines is 1. The number of carbonyl (C=O) groups excluding carboxylic acids is 1. The van der Waals surface area contributed by atoms with Crippen LogP contribution in [0.15, 0.2) is 22.3 Å². The lowest BCUT2D eigenvalue weighted by Crippen LogP contribution is -2.10. The summed E-state index contributed by atoms with van der Waals surface area (Å²) in [5.74, 6) is -0.207. The number of methoxy groups -OCH3 is 1. The van der Waals surface area contributed by atoms with Gasteiger partial charge < -0.3 is 9.72 Å². The topological polar surface area (TPSA) is 72.0 Å². The standard InChI is InChI=1S/C15H11ClN2O3S2/c1-7-10-13(19)17-12(9(16)6-8-4-3-5-22-8)18-14(10)23-11(7)15(20)21-2/h3-6H,1-2H3,(H,17,18,19)/b9-6-. The molecule has 0 saturated carbocycles. The van der Waals surface area contributed by atoms with Gasteiger partial charge in [-0.15, -0.1) is 22.7 Å². The third kappa shape index (κ3) is 2.95. The van der Waals surface area contributed by atoms with Gasteiger partial charge in [-0.05, 0) is 30.0 Å². The van der Waals surface area contributed by atoms with Crippen LogP contribution in [0.25, 0.3) is 21.3 Å². The average molecular weight is 367 g/mol. The van der Waals surface area contributed by atoms with Crippen LogP contribution in [-0.2, 0) is 4.74 Å². The summed E-state index contributed by atoms with van der Waals surface area (Å²) in [6, 6.07) is 3.82. The van der Waals surface area contributed by atoms with Crippen molar-refractivity contribution in [1.82, 2.24) is 9.97 Å². The Bertz CT molecular complexity index is 971. The number of rotatable bonds is 3. The number of carbonyl (C=O) groups is 1. The van der Waals surface area contributed by atoms with E-state index >= 15 is 0 Å². The summed E-state index contributed by atoms with van der Waals surface area (Å²) >= 11 is 8.90. The van der Waals surface area contributed by atoms with Crippen molar-refractivity contribution in [2.75, 3.05) is 7.11 Å². The lowest BCUT2D eigenvalue weighted by atomic mass is 10.2. The van der Waals surface area contributed by atoms with Crippen LogP contribution in [0, 0.1) is 6.92 Å². The molecule has 3 heterocycles. The van der Waals surface area contributed by atoms with Gasteiger partial charge in [-0.2, -0.15) is 0 Å². The minimum absolute atomic E-state index is 0.273. The Morgan fingerprint density at radius 2 is 2.26 bits per heavy atom. The summed E-state index contributed by atoms with van der Waals surface area (Å²) in [6.45, 7) is 1.70. The molecule has 0 aromatic carbocycles. The van der Waals surface area contributed by atoms with Crippen molar-refractivity contribution in [3.05, 3.63) is 49.0 Å². The summed E-state index contributed by atoms with van der Waals surface area (Å²) in [6.07, 6.45) is 1.73. The number of thiophene rings is 2. The molecule has 3 aromatic rings. The highest BCUT2D eigenvalue weighted by molar-refractivity contribution is 7.20. The Hall–Kier alpha value is -1.96. The molecule has 0 aliphatic heterocycles. The first kappa shape index (κ1) is 15.9. The summed E-state index contributed by atoms with van der Waals surface area (Å²) in [7, 11) is 1.30. The molecular formula is C15H11ClN2O3S2. The number of hydrogen-bond donors (Lipinski definition) is 1. The van der Waals surface area contributed by atoms with Crippen molar-refractivity contribution >= 4 is 61.6 Å². The van der Waals surface area contributed by atoms with E-state index in [0.29, 0.717) is 25.7 Å². The lowest BCUT2D eigenvalue weighted by Gasteiger charge is -1.99. The molecule has 5 nitrogen and oxygen atoms in total. The molecule has 0 radical (unpaired) electrons. The summed E-state index contributed by atoms with van der Waals surface area (Å²) < 4.78 is 4.73. The quantitative estimate of drug-likeness (QED) is 0.714. The molecule has 8 heteroatoms. The van der Waals surface area contributed by atoms with Crippen molar-refractivity contribution < 1.29 is 9.53 Å². The molecule has 0 aliphatic rings. The molecule has 0 amide bonds. The highest BCUT2D eigenvalue weighted by Gasteiger charge is 2.20. The summed E-state index contributed by atoms with van der Waals surface area (Å²) in [4.78, 5) is 32.9. The number of aryl methyl sites for hydroxylation is 1. The number of halogens is 1. The zero-order valence-electron chi connectivity index (χ0n) is 12.2. The fourth-order valence-corrected chi connectivity index (χ4v) is 4.14. The number of ether oxygens (including phenoxy) is 1. The summed E-state index contributed by atoms with van der Waals surface area (Å²) in [5, 5.41) is 2.65.